The first kappa shape index (κ1) is 25.4. The zero-order chi connectivity index (χ0) is 20.3. The van der Waals surface area contributed by atoms with Gasteiger partial charge in [-0.2, -0.15) is 0 Å². The summed E-state index contributed by atoms with van der Waals surface area (Å²) in [5.41, 5.74) is 0. The van der Waals surface area contributed by atoms with Crippen LogP contribution in [-0.2, 0) is 14.3 Å². The number of unbranched alkanes of at least 4 members (excludes halogenated alkanes) is 13. The van der Waals surface area contributed by atoms with Gasteiger partial charge in [0.2, 0.25) is 0 Å². The lowest BCUT2D eigenvalue weighted by Gasteiger charge is -2.33. The van der Waals surface area contributed by atoms with E-state index in [0.717, 1.165) is 39.1 Å². The molecular weight excluding hydrogens is 350 g/mol. The Balaban J connectivity index is 1.98. The molecule has 0 aromatic carbocycles. The molecule has 166 valence electrons. The zero-order valence-electron chi connectivity index (χ0n) is 18.9. The molecule has 0 saturated carbocycles. The third kappa shape index (κ3) is 12.8. The number of rotatable bonds is 18. The van der Waals surface area contributed by atoms with Gasteiger partial charge >= 0.3 is 5.97 Å². The average molecular weight is 398 g/mol. The van der Waals surface area contributed by atoms with E-state index in [1.54, 1.807) is 0 Å². The molecule has 1 rings (SSSR count). The number of hydrogen-bond donors (Lipinski definition) is 0. The molecule has 4 heteroatoms. The molecule has 1 fully saturated rings. The summed E-state index contributed by atoms with van der Waals surface area (Å²) in [4.78, 5) is 14.6. The third-order valence-electron chi connectivity index (χ3n) is 5.88. The van der Waals surface area contributed by atoms with Crippen molar-refractivity contribution < 1.29 is 14.3 Å². The third-order valence-corrected chi connectivity index (χ3v) is 5.88. The summed E-state index contributed by atoms with van der Waals surface area (Å²) in [7, 11) is 0. The number of carbonyl (C=O) groups is 1. The van der Waals surface area contributed by atoms with E-state index in [1.165, 1.54) is 83.5 Å². The highest BCUT2D eigenvalue weighted by Gasteiger charge is 2.27. The second-order valence-electron chi connectivity index (χ2n) is 8.30. The molecule has 4 nitrogen and oxygen atoms in total. The first-order valence-electron chi connectivity index (χ1n) is 12.3. The summed E-state index contributed by atoms with van der Waals surface area (Å²) in [6.45, 7) is 7.80. The predicted molar refractivity (Wildman–Crippen MR) is 118 cm³/mol. The normalized spacial score (nSPS) is 16.2. The number of morpholine rings is 1. The Morgan fingerprint density at radius 3 is 1.71 bits per heavy atom. The van der Waals surface area contributed by atoms with Gasteiger partial charge < -0.3 is 9.47 Å². The van der Waals surface area contributed by atoms with Crippen LogP contribution in [-0.4, -0.2) is 49.8 Å². The fourth-order valence-electron chi connectivity index (χ4n) is 4.11. The van der Waals surface area contributed by atoms with Crippen LogP contribution in [0.5, 0.6) is 0 Å². The molecule has 1 aliphatic rings. The van der Waals surface area contributed by atoms with E-state index in [2.05, 4.69) is 11.8 Å². The quantitative estimate of drug-likeness (QED) is 0.206. The van der Waals surface area contributed by atoms with Crippen molar-refractivity contribution in [2.45, 2.75) is 116 Å². The molecule has 1 atom stereocenters. The lowest BCUT2D eigenvalue weighted by atomic mass is 10.0. The maximum absolute atomic E-state index is 12.3. The van der Waals surface area contributed by atoms with Gasteiger partial charge in [-0.3, -0.25) is 9.69 Å². The van der Waals surface area contributed by atoms with Crippen LogP contribution in [0.3, 0.4) is 0 Å². The molecule has 0 bridgehead atoms. The van der Waals surface area contributed by atoms with Gasteiger partial charge in [0.25, 0.3) is 0 Å². The summed E-state index contributed by atoms with van der Waals surface area (Å²) in [5.74, 6) is -0.0425. The van der Waals surface area contributed by atoms with Crippen LogP contribution in [0.25, 0.3) is 0 Å². The summed E-state index contributed by atoms with van der Waals surface area (Å²) in [6, 6.07) is -0.0684. The predicted octanol–water partition coefficient (Wildman–Crippen LogP) is 6.12. The minimum Gasteiger partial charge on any atom is -0.465 e. The molecule has 0 aromatic heterocycles. The Labute approximate surface area is 174 Å². The standard InChI is InChI=1S/C24H47NO3/c1-3-5-6-7-8-9-10-11-12-13-14-15-16-17-18-23(24(26)28-4-2)25-19-21-27-22-20-25/h23H,3-22H2,1-2H3. The van der Waals surface area contributed by atoms with E-state index in [4.69, 9.17) is 9.47 Å². The van der Waals surface area contributed by atoms with Crippen molar-refractivity contribution in [2.24, 2.45) is 0 Å². The molecule has 0 aliphatic carbocycles. The number of ether oxygens (including phenoxy) is 2. The molecule has 1 saturated heterocycles. The van der Waals surface area contributed by atoms with Gasteiger partial charge in [0, 0.05) is 13.1 Å². The summed E-state index contributed by atoms with van der Waals surface area (Å²) < 4.78 is 10.7. The highest BCUT2D eigenvalue weighted by Crippen LogP contribution is 2.16. The topological polar surface area (TPSA) is 38.8 Å². The van der Waals surface area contributed by atoms with Crippen LogP contribution in [0.15, 0.2) is 0 Å². The van der Waals surface area contributed by atoms with Crippen molar-refractivity contribution in [2.75, 3.05) is 32.9 Å². The Hall–Kier alpha value is -0.610. The van der Waals surface area contributed by atoms with E-state index >= 15 is 0 Å². The summed E-state index contributed by atoms with van der Waals surface area (Å²) in [6.07, 6.45) is 20.0. The van der Waals surface area contributed by atoms with Gasteiger partial charge in [-0.1, -0.05) is 96.8 Å². The highest BCUT2D eigenvalue weighted by molar-refractivity contribution is 5.75. The highest BCUT2D eigenvalue weighted by atomic mass is 16.5. The van der Waals surface area contributed by atoms with Crippen LogP contribution in [0.4, 0.5) is 0 Å². The molecule has 0 amide bonds. The average Bonchev–Trinajstić information content (AvgIpc) is 2.72. The van der Waals surface area contributed by atoms with Crippen molar-refractivity contribution in [1.29, 1.82) is 0 Å². The molecule has 1 heterocycles. The van der Waals surface area contributed by atoms with Gasteiger partial charge in [0.15, 0.2) is 0 Å². The van der Waals surface area contributed by atoms with Gasteiger partial charge in [-0.15, -0.1) is 0 Å². The van der Waals surface area contributed by atoms with E-state index in [1.807, 2.05) is 6.92 Å². The van der Waals surface area contributed by atoms with Crippen molar-refractivity contribution in [3.05, 3.63) is 0 Å². The van der Waals surface area contributed by atoms with Crippen LogP contribution >= 0.6 is 0 Å². The summed E-state index contributed by atoms with van der Waals surface area (Å²) >= 11 is 0. The molecule has 0 aromatic rings. The number of nitrogens with zero attached hydrogens (tertiary/aromatic N) is 1. The van der Waals surface area contributed by atoms with E-state index < -0.39 is 0 Å². The SMILES string of the molecule is CCCCCCCCCCCCCCCCC(C(=O)OCC)N1CCOCC1. The van der Waals surface area contributed by atoms with Crippen molar-refractivity contribution in [3.63, 3.8) is 0 Å². The summed E-state index contributed by atoms with van der Waals surface area (Å²) in [5, 5.41) is 0. The van der Waals surface area contributed by atoms with Gasteiger partial charge in [-0.05, 0) is 13.3 Å². The van der Waals surface area contributed by atoms with Gasteiger partial charge in [0.05, 0.1) is 19.8 Å². The van der Waals surface area contributed by atoms with Crippen LogP contribution in [0, 0.1) is 0 Å². The van der Waals surface area contributed by atoms with Crippen LogP contribution in [0.2, 0.25) is 0 Å². The Kier molecular flexibility index (Phi) is 16.7. The Bertz CT molecular complexity index is 356. The Morgan fingerprint density at radius 1 is 0.786 bits per heavy atom. The van der Waals surface area contributed by atoms with Gasteiger partial charge in [-0.25, -0.2) is 0 Å². The fourth-order valence-corrected chi connectivity index (χ4v) is 4.11. The lowest BCUT2D eigenvalue weighted by Crippen LogP contribution is -2.48. The number of carbonyl (C=O) groups excluding carboxylic acids is 1. The smallest absolute Gasteiger partial charge is 0.323 e. The number of esters is 1. The first-order valence-corrected chi connectivity index (χ1v) is 12.3. The maximum atomic E-state index is 12.3. The van der Waals surface area contributed by atoms with Crippen LogP contribution < -0.4 is 0 Å². The second kappa shape index (κ2) is 18.4. The van der Waals surface area contributed by atoms with Crippen molar-refractivity contribution in [3.8, 4) is 0 Å². The molecular formula is C24H47NO3. The number of hydrogen-bond acceptors (Lipinski definition) is 4. The molecule has 1 unspecified atom stereocenters. The minimum absolute atomic E-state index is 0.0425. The lowest BCUT2D eigenvalue weighted by molar-refractivity contribution is -0.151. The van der Waals surface area contributed by atoms with E-state index in [0.29, 0.717) is 6.61 Å². The fraction of sp³-hybridized carbons (Fsp3) is 0.958. The largest absolute Gasteiger partial charge is 0.465 e. The van der Waals surface area contributed by atoms with E-state index in [-0.39, 0.29) is 12.0 Å². The zero-order valence-corrected chi connectivity index (χ0v) is 18.9. The van der Waals surface area contributed by atoms with Crippen LogP contribution in [0.1, 0.15) is 110 Å². The van der Waals surface area contributed by atoms with Crippen molar-refractivity contribution in [1.82, 2.24) is 4.90 Å². The first-order chi connectivity index (χ1) is 13.8. The molecule has 1 aliphatic heterocycles. The monoisotopic (exact) mass is 397 g/mol. The van der Waals surface area contributed by atoms with E-state index in [9.17, 15) is 4.79 Å². The molecule has 0 radical (unpaired) electrons. The van der Waals surface area contributed by atoms with Crippen molar-refractivity contribution >= 4 is 5.97 Å². The Morgan fingerprint density at radius 2 is 1.25 bits per heavy atom. The minimum atomic E-state index is -0.0684. The molecule has 0 spiro atoms. The maximum Gasteiger partial charge on any atom is 0.323 e. The molecule has 28 heavy (non-hydrogen) atoms. The molecule has 0 N–H and O–H groups in total. The second-order valence-corrected chi connectivity index (χ2v) is 8.30. The van der Waals surface area contributed by atoms with Gasteiger partial charge in [0.1, 0.15) is 6.04 Å².